The summed E-state index contributed by atoms with van der Waals surface area (Å²) in [6, 6.07) is 0. The van der Waals surface area contributed by atoms with Crippen LogP contribution in [0.15, 0.2) is 0 Å². The Kier molecular flexibility index (Phi) is 3.44. The minimum atomic E-state index is -0.990. The van der Waals surface area contributed by atoms with Gasteiger partial charge in [-0.2, -0.15) is 0 Å². The van der Waals surface area contributed by atoms with Gasteiger partial charge in [-0.1, -0.05) is 13.8 Å². The second-order valence-corrected chi connectivity index (χ2v) is 5.12. The Bertz CT molecular complexity index is 231. The van der Waals surface area contributed by atoms with E-state index in [0.717, 1.165) is 0 Å². The average Bonchev–Trinajstić information content (AvgIpc) is 2.46. The number of carbonyl (C=O) groups is 1. The predicted octanol–water partition coefficient (Wildman–Crippen LogP) is 0.323. The van der Waals surface area contributed by atoms with Gasteiger partial charge in [0.2, 0.25) is 0 Å². The maximum absolute atomic E-state index is 11.4. The first-order chi connectivity index (χ1) is 6.06. The van der Waals surface area contributed by atoms with Crippen LogP contribution in [-0.2, 0) is 15.8 Å². The summed E-state index contributed by atoms with van der Waals surface area (Å²) in [5.41, 5.74) is 0. The third-order valence-corrected chi connectivity index (χ3v) is 3.80. The molecule has 5 heteroatoms. The van der Waals surface area contributed by atoms with Crippen LogP contribution in [0, 0.1) is 11.8 Å². The van der Waals surface area contributed by atoms with Crippen molar-refractivity contribution >= 4 is 17.0 Å². The molecule has 0 saturated carbocycles. The summed E-state index contributed by atoms with van der Waals surface area (Å²) in [5, 5.41) is 8.83. The summed E-state index contributed by atoms with van der Waals surface area (Å²) in [5.74, 6) is -0.453. The second-order valence-electron chi connectivity index (χ2n) is 3.38. The molecule has 0 bridgehead atoms. The lowest BCUT2D eigenvalue weighted by molar-refractivity contribution is -0.142. The fraction of sp³-hybridized carbons (Fsp3) is 0.875. The highest BCUT2D eigenvalue weighted by molar-refractivity contribution is 7.82. The van der Waals surface area contributed by atoms with E-state index in [1.807, 2.05) is 13.8 Å². The first-order valence-corrected chi connectivity index (χ1v) is 5.70. The topological polar surface area (TPSA) is 57.6 Å². The smallest absolute Gasteiger partial charge is 0.308 e. The van der Waals surface area contributed by atoms with Crippen LogP contribution < -0.4 is 0 Å². The molecular formula is C8H15NO3S. The van der Waals surface area contributed by atoms with Crippen LogP contribution in [0.2, 0.25) is 0 Å². The molecule has 3 atom stereocenters. The molecule has 13 heavy (non-hydrogen) atoms. The lowest BCUT2D eigenvalue weighted by Gasteiger charge is -2.11. The molecule has 1 N–H and O–H groups in total. The fourth-order valence-corrected chi connectivity index (χ4v) is 2.69. The van der Waals surface area contributed by atoms with Gasteiger partial charge in [-0.3, -0.25) is 4.79 Å². The van der Waals surface area contributed by atoms with Gasteiger partial charge >= 0.3 is 5.97 Å². The first kappa shape index (κ1) is 10.7. The zero-order chi connectivity index (χ0) is 10.0. The summed E-state index contributed by atoms with van der Waals surface area (Å²) in [4.78, 5) is 10.7. The van der Waals surface area contributed by atoms with Crippen molar-refractivity contribution in [3.8, 4) is 0 Å². The van der Waals surface area contributed by atoms with E-state index in [-0.39, 0.29) is 11.8 Å². The van der Waals surface area contributed by atoms with Gasteiger partial charge in [0.05, 0.1) is 16.9 Å². The second kappa shape index (κ2) is 4.19. The third-order valence-electron chi connectivity index (χ3n) is 2.43. The lowest BCUT2D eigenvalue weighted by atomic mass is 9.99. The van der Waals surface area contributed by atoms with Crippen molar-refractivity contribution in [1.82, 2.24) is 4.31 Å². The van der Waals surface area contributed by atoms with Gasteiger partial charge in [0, 0.05) is 18.8 Å². The highest BCUT2D eigenvalue weighted by Gasteiger charge is 2.36. The molecule has 1 rings (SSSR count). The molecule has 0 aromatic heterocycles. The molecule has 4 nitrogen and oxygen atoms in total. The van der Waals surface area contributed by atoms with Crippen LogP contribution in [0.1, 0.15) is 13.8 Å². The zero-order valence-electron chi connectivity index (χ0n) is 7.90. The Hall–Kier alpha value is -0.420. The highest BCUT2D eigenvalue weighted by atomic mass is 32.2. The molecule has 0 radical (unpaired) electrons. The Morgan fingerprint density at radius 3 is 2.62 bits per heavy atom. The molecule has 1 fully saturated rings. The number of carboxylic acid groups (broad SMARTS) is 1. The summed E-state index contributed by atoms with van der Waals surface area (Å²) < 4.78 is 13.1. The molecule has 0 amide bonds. The number of hydrogen-bond acceptors (Lipinski definition) is 2. The number of hydrogen-bond donors (Lipinski definition) is 1. The van der Waals surface area contributed by atoms with Crippen molar-refractivity contribution < 1.29 is 14.1 Å². The van der Waals surface area contributed by atoms with E-state index in [2.05, 4.69) is 0 Å². The van der Waals surface area contributed by atoms with E-state index in [1.54, 1.807) is 4.31 Å². The Balaban J connectivity index is 2.59. The molecule has 1 saturated heterocycles. The molecule has 0 spiro atoms. The maximum Gasteiger partial charge on any atom is 0.308 e. The van der Waals surface area contributed by atoms with Gasteiger partial charge in [-0.25, -0.2) is 8.51 Å². The number of rotatable bonds is 3. The molecule has 76 valence electrons. The Labute approximate surface area is 80.5 Å². The minimum Gasteiger partial charge on any atom is -0.481 e. The van der Waals surface area contributed by atoms with Crippen molar-refractivity contribution in [2.45, 2.75) is 13.8 Å². The van der Waals surface area contributed by atoms with Gasteiger partial charge < -0.3 is 5.11 Å². The van der Waals surface area contributed by atoms with E-state index in [0.29, 0.717) is 18.8 Å². The van der Waals surface area contributed by atoms with Crippen LogP contribution in [0.3, 0.4) is 0 Å². The Morgan fingerprint density at radius 1 is 1.62 bits per heavy atom. The van der Waals surface area contributed by atoms with E-state index in [4.69, 9.17) is 5.11 Å². The van der Waals surface area contributed by atoms with Gasteiger partial charge in [0.15, 0.2) is 0 Å². The van der Waals surface area contributed by atoms with Crippen molar-refractivity contribution in [2.24, 2.45) is 11.8 Å². The van der Waals surface area contributed by atoms with E-state index < -0.39 is 17.0 Å². The van der Waals surface area contributed by atoms with Crippen molar-refractivity contribution in [1.29, 1.82) is 0 Å². The molecule has 1 aliphatic rings. The van der Waals surface area contributed by atoms with Crippen LogP contribution in [-0.4, -0.2) is 38.4 Å². The summed E-state index contributed by atoms with van der Waals surface area (Å²) >= 11 is 0. The zero-order valence-corrected chi connectivity index (χ0v) is 8.71. The van der Waals surface area contributed by atoms with E-state index in [1.165, 1.54) is 0 Å². The standard InChI is InChI=1S/C8H15NO3S/c1-3-13(12)9-4-6(2)7(5-9)8(10)11/h6-7H,3-5H2,1-2H3,(H,10,11)/t6-,7-,13?/m1/s1. The van der Waals surface area contributed by atoms with Gasteiger partial charge in [0.25, 0.3) is 0 Å². The summed E-state index contributed by atoms with van der Waals surface area (Å²) in [6.07, 6.45) is 0. The van der Waals surface area contributed by atoms with Gasteiger partial charge in [-0.05, 0) is 5.92 Å². The first-order valence-electron chi connectivity index (χ1n) is 4.42. The molecular weight excluding hydrogens is 190 g/mol. The molecule has 0 aliphatic carbocycles. The normalized spacial score (nSPS) is 31.8. The number of carboxylic acids is 1. The van der Waals surface area contributed by atoms with Crippen LogP contribution in [0.25, 0.3) is 0 Å². The van der Waals surface area contributed by atoms with Crippen LogP contribution in [0.4, 0.5) is 0 Å². The molecule has 0 aromatic rings. The van der Waals surface area contributed by atoms with Crippen molar-refractivity contribution in [2.75, 3.05) is 18.8 Å². The summed E-state index contributed by atoms with van der Waals surface area (Å²) in [7, 11) is -0.990. The lowest BCUT2D eigenvalue weighted by Crippen LogP contribution is -2.26. The van der Waals surface area contributed by atoms with Crippen molar-refractivity contribution in [3.05, 3.63) is 0 Å². The van der Waals surface area contributed by atoms with Crippen molar-refractivity contribution in [3.63, 3.8) is 0 Å². The van der Waals surface area contributed by atoms with Crippen LogP contribution >= 0.6 is 0 Å². The third kappa shape index (κ3) is 2.28. The highest BCUT2D eigenvalue weighted by Crippen LogP contribution is 2.24. The number of aliphatic carboxylic acids is 1. The average molecular weight is 205 g/mol. The Morgan fingerprint density at radius 2 is 2.23 bits per heavy atom. The molecule has 1 unspecified atom stereocenters. The van der Waals surface area contributed by atoms with Gasteiger partial charge in [-0.15, -0.1) is 0 Å². The predicted molar refractivity (Wildman–Crippen MR) is 50.5 cm³/mol. The molecule has 1 aliphatic heterocycles. The van der Waals surface area contributed by atoms with Crippen LogP contribution in [0.5, 0.6) is 0 Å². The molecule has 0 aromatic carbocycles. The van der Waals surface area contributed by atoms with E-state index >= 15 is 0 Å². The SMILES string of the molecule is CCS(=O)N1C[C@@H](C)[C@H](C(=O)O)C1. The largest absolute Gasteiger partial charge is 0.481 e. The van der Waals surface area contributed by atoms with Gasteiger partial charge in [0.1, 0.15) is 0 Å². The maximum atomic E-state index is 11.4. The summed E-state index contributed by atoms with van der Waals surface area (Å²) in [6.45, 7) is 4.80. The fourth-order valence-electron chi connectivity index (χ4n) is 1.59. The van der Waals surface area contributed by atoms with E-state index in [9.17, 15) is 9.00 Å². The quantitative estimate of drug-likeness (QED) is 0.722. The minimum absolute atomic E-state index is 0.105. The monoisotopic (exact) mass is 205 g/mol. The number of nitrogens with zero attached hydrogens (tertiary/aromatic N) is 1. The molecule has 1 heterocycles.